The molecule has 1 unspecified atom stereocenters. The zero-order chi connectivity index (χ0) is 18.2. The summed E-state index contributed by atoms with van der Waals surface area (Å²) in [6.45, 7) is 0.452. The molecule has 0 aliphatic carbocycles. The number of primary amides is 1. The highest BCUT2D eigenvalue weighted by atomic mass is 16.5. The fourth-order valence-electron chi connectivity index (χ4n) is 2.57. The van der Waals surface area contributed by atoms with Crippen LogP contribution >= 0.6 is 0 Å². The number of carbonyl (C=O) groups excluding carboxylic acids is 2. The molecule has 0 radical (unpaired) electrons. The Morgan fingerprint density at radius 3 is 2.52 bits per heavy atom. The fraction of sp³-hybridized carbons (Fsp3) is 0.263. The first kappa shape index (κ1) is 18.3. The molecule has 0 bridgehead atoms. The van der Waals surface area contributed by atoms with Crippen LogP contribution < -0.4 is 15.8 Å². The number of nitrogens with two attached hydrogens (primary N) is 1. The number of nitrogens with one attached hydrogen (secondary N) is 1. The van der Waals surface area contributed by atoms with Crippen molar-refractivity contribution >= 4 is 11.9 Å². The highest BCUT2D eigenvalue weighted by molar-refractivity contribution is 5.78. The SMILES string of the molecule is COc1cccc(CN(C)C(=O)CC(NC(N)=O)c2ccccc2)c1. The van der Waals surface area contributed by atoms with Crippen molar-refractivity contribution in [1.29, 1.82) is 0 Å². The molecule has 0 aliphatic heterocycles. The number of methoxy groups -OCH3 is 1. The van der Waals surface area contributed by atoms with Crippen LogP contribution in [0.2, 0.25) is 0 Å². The van der Waals surface area contributed by atoms with E-state index < -0.39 is 12.1 Å². The van der Waals surface area contributed by atoms with E-state index in [1.165, 1.54) is 0 Å². The van der Waals surface area contributed by atoms with Gasteiger partial charge in [0.25, 0.3) is 0 Å². The molecule has 2 rings (SSSR count). The molecule has 0 aromatic heterocycles. The minimum atomic E-state index is -0.655. The number of rotatable bonds is 7. The summed E-state index contributed by atoms with van der Waals surface area (Å²) in [6.07, 6.45) is 0.132. The second kappa shape index (κ2) is 8.73. The molecule has 2 aromatic rings. The summed E-state index contributed by atoms with van der Waals surface area (Å²) in [5.41, 5.74) is 7.05. The summed E-state index contributed by atoms with van der Waals surface area (Å²) in [4.78, 5) is 25.5. The van der Waals surface area contributed by atoms with Gasteiger partial charge >= 0.3 is 6.03 Å². The number of nitrogens with zero attached hydrogens (tertiary/aromatic N) is 1. The molecule has 25 heavy (non-hydrogen) atoms. The molecule has 132 valence electrons. The van der Waals surface area contributed by atoms with Crippen LogP contribution in [0.25, 0.3) is 0 Å². The molecule has 2 aromatic carbocycles. The van der Waals surface area contributed by atoms with Crippen molar-refractivity contribution in [2.24, 2.45) is 5.73 Å². The summed E-state index contributed by atoms with van der Waals surface area (Å²) < 4.78 is 5.20. The summed E-state index contributed by atoms with van der Waals surface area (Å²) in [6, 6.07) is 15.7. The van der Waals surface area contributed by atoms with Crippen molar-refractivity contribution in [3.63, 3.8) is 0 Å². The zero-order valence-electron chi connectivity index (χ0n) is 14.4. The second-order valence-electron chi connectivity index (χ2n) is 5.78. The number of carbonyl (C=O) groups is 2. The number of benzene rings is 2. The minimum Gasteiger partial charge on any atom is -0.497 e. The maximum absolute atomic E-state index is 12.6. The molecule has 0 heterocycles. The number of hydrogen-bond donors (Lipinski definition) is 2. The van der Waals surface area contributed by atoms with Crippen molar-refractivity contribution < 1.29 is 14.3 Å². The van der Waals surface area contributed by atoms with Crippen molar-refractivity contribution in [1.82, 2.24) is 10.2 Å². The van der Waals surface area contributed by atoms with E-state index in [1.807, 2.05) is 54.6 Å². The molecule has 0 aliphatic rings. The van der Waals surface area contributed by atoms with E-state index in [0.717, 1.165) is 16.9 Å². The van der Waals surface area contributed by atoms with Crippen LogP contribution in [0.1, 0.15) is 23.6 Å². The summed E-state index contributed by atoms with van der Waals surface area (Å²) >= 11 is 0. The number of ether oxygens (including phenoxy) is 1. The molecular weight excluding hydrogens is 318 g/mol. The Morgan fingerprint density at radius 1 is 1.16 bits per heavy atom. The van der Waals surface area contributed by atoms with Crippen LogP contribution in [0, 0.1) is 0 Å². The molecule has 3 N–H and O–H groups in total. The van der Waals surface area contributed by atoms with Gasteiger partial charge in [-0.15, -0.1) is 0 Å². The van der Waals surface area contributed by atoms with E-state index in [0.29, 0.717) is 6.54 Å². The third-order valence-electron chi connectivity index (χ3n) is 3.88. The molecule has 6 heteroatoms. The first-order chi connectivity index (χ1) is 12.0. The van der Waals surface area contributed by atoms with Gasteiger partial charge in [-0.2, -0.15) is 0 Å². The topological polar surface area (TPSA) is 84.7 Å². The van der Waals surface area contributed by atoms with Crippen LogP contribution in [-0.2, 0) is 11.3 Å². The van der Waals surface area contributed by atoms with Crippen LogP contribution in [0.15, 0.2) is 54.6 Å². The van der Waals surface area contributed by atoms with E-state index >= 15 is 0 Å². The predicted molar refractivity (Wildman–Crippen MR) is 96.0 cm³/mol. The zero-order valence-corrected chi connectivity index (χ0v) is 14.4. The van der Waals surface area contributed by atoms with Gasteiger partial charge in [0, 0.05) is 13.6 Å². The van der Waals surface area contributed by atoms with Crippen LogP contribution in [0.3, 0.4) is 0 Å². The maximum atomic E-state index is 12.6. The van der Waals surface area contributed by atoms with Gasteiger partial charge in [-0.25, -0.2) is 4.79 Å². The Kier molecular flexibility index (Phi) is 6.39. The normalized spacial score (nSPS) is 11.4. The monoisotopic (exact) mass is 341 g/mol. The predicted octanol–water partition coefficient (Wildman–Crippen LogP) is 2.45. The van der Waals surface area contributed by atoms with E-state index in [-0.39, 0.29) is 12.3 Å². The van der Waals surface area contributed by atoms with Gasteiger partial charge in [-0.05, 0) is 23.3 Å². The fourth-order valence-corrected chi connectivity index (χ4v) is 2.57. The van der Waals surface area contributed by atoms with E-state index in [9.17, 15) is 9.59 Å². The maximum Gasteiger partial charge on any atom is 0.312 e. The lowest BCUT2D eigenvalue weighted by Crippen LogP contribution is -2.37. The lowest BCUT2D eigenvalue weighted by atomic mass is 10.0. The molecule has 0 spiro atoms. The van der Waals surface area contributed by atoms with Gasteiger partial charge in [0.15, 0.2) is 0 Å². The average Bonchev–Trinajstić information content (AvgIpc) is 2.61. The third-order valence-corrected chi connectivity index (χ3v) is 3.88. The van der Waals surface area contributed by atoms with Crippen molar-refractivity contribution in [3.05, 3.63) is 65.7 Å². The highest BCUT2D eigenvalue weighted by Crippen LogP contribution is 2.19. The highest BCUT2D eigenvalue weighted by Gasteiger charge is 2.20. The molecular formula is C19H23N3O3. The molecule has 0 saturated heterocycles. The Bertz CT molecular complexity index is 719. The van der Waals surface area contributed by atoms with Gasteiger partial charge in [0.05, 0.1) is 19.6 Å². The number of hydrogen-bond acceptors (Lipinski definition) is 3. The average molecular weight is 341 g/mol. The van der Waals surface area contributed by atoms with Crippen LogP contribution in [0.5, 0.6) is 5.75 Å². The standard InChI is InChI=1S/C19H23N3O3/c1-22(13-14-7-6-10-16(11-14)25-2)18(23)12-17(21-19(20)24)15-8-4-3-5-9-15/h3-11,17H,12-13H2,1-2H3,(H3,20,21,24). The molecule has 6 nitrogen and oxygen atoms in total. The summed E-state index contributed by atoms with van der Waals surface area (Å²) in [5.74, 6) is 0.654. The lowest BCUT2D eigenvalue weighted by molar-refractivity contribution is -0.130. The van der Waals surface area contributed by atoms with Crippen molar-refractivity contribution in [3.8, 4) is 5.75 Å². The summed E-state index contributed by atoms with van der Waals surface area (Å²) in [5, 5.41) is 2.64. The van der Waals surface area contributed by atoms with Gasteiger partial charge < -0.3 is 20.7 Å². The van der Waals surface area contributed by atoms with Gasteiger partial charge in [-0.1, -0.05) is 42.5 Å². The second-order valence-corrected chi connectivity index (χ2v) is 5.78. The first-order valence-corrected chi connectivity index (χ1v) is 7.97. The molecule has 1 atom stereocenters. The number of amides is 3. The number of urea groups is 1. The largest absolute Gasteiger partial charge is 0.497 e. The lowest BCUT2D eigenvalue weighted by Gasteiger charge is -2.22. The minimum absolute atomic E-state index is 0.0922. The molecule has 0 fully saturated rings. The Morgan fingerprint density at radius 2 is 1.88 bits per heavy atom. The van der Waals surface area contributed by atoms with Gasteiger partial charge in [0.2, 0.25) is 5.91 Å². The Hall–Kier alpha value is -3.02. The molecule has 0 saturated carbocycles. The quantitative estimate of drug-likeness (QED) is 0.811. The van der Waals surface area contributed by atoms with Crippen molar-refractivity contribution in [2.75, 3.05) is 14.2 Å². The van der Waals surface area contributed by atoms with Gasteiger partial charge in [-0.3, -0.25) is 4.79 Å². The van der Waals surface area contributed by atoms with E-state index in [1.54, 1.807) is 19.1 Å². The smallest absolute Gasteiger partial charge is 0.312 e. The Labute approximate surface area is 147 Å². The first-order valence-electron chi connectivity index (χ1n) is 7.97. The third kappa shape index (κ3) is 5.53. The van der Waals surface area contributed by atoms with E-state index in [4.69, 9.17) is 10.5 Å². The van der Waals surface area contributed by atoms with Crippen LogP contribution in [0.4, 0.5) is 4.79 Å². The Balaban J connectivity index is 2.05. The molecule has 3 amide bonds. The summed E-state index contributed by atoms with van der Waals surface area (Å²) in [7, 11) is 3.34. The van der Waals surface area contributed by atoms with Gasteiger partial charge in [0.1, 0.15) is 5.75 Å². The van der Waals surface area contributed by atoms with Crippen molar-refractivity contribution in [2.45, 2.75) is 19.0 Å². The van der Waals surface area contributed by atoms with Crippen LogP contribution in [-0.4, -0.2) is 31.0 Å². The van der Waals surface area contributed by atoms with E-state index in [2.05, 4.69) is 5.32 Å².